The molecular formula is C13H18N4S. The zero-order valence-corrected chi connectivity index (χ0v) is 12.0. The lowest BCUT2D eigenvalue weighted by Crippen LogP contribution is -2.06. The summed E-state index contributed by atoms with van der Waals surface area (Å²) in [5, 5.41) is 9.63. The Morgan fingerprint density at radius 1 is 1.33 bits per heavy atom. The second-order valence-corrected chi connectivity index (χ2v) is 5.35. The number of hydrogen-bond acceptors (Lipinski definition) is 4. The van der Waals surface area contributed by atoms with E-state index >= 15 is 0 Å². The molecule has 4 nitrogen and oxygen atoms in total. The maximum absolute atomic E-state index is 4.52. The third-order valence-electron chi connectivity index (χ3n) is 2.63. The van der Waals surface area contributed by atoms with Crippen LogP contribution in [0, 0.1) is 13.8 Å². The minimum absolute atomic E-state index is 0.851. The molecule has 18 heavy (non-hydrogen) atoms. The highest BCUT2D eigenvalue weighted by Gasteiger charge is 2.08. The van der Waals surface area contributed by atoms with Crippen molar-refractivity contribution >= 4 is 11.8 Å². The first-order chi connectivity index (χ1) is 8.60. The van der Waals surface area contributed by atoms with Crippen LogP contribution in [-0.4, -0.2) is 21.8 Å². The Hall–Kier alpha value is -1.33. The smallest absolute Gasteiger partial charge is 0.105 e. The van der Waals surface area contributed by atoms with E-state index in [0.29, 0.717) is 0 Å². The van der Waals surface area contributed by atoms with Crippen LogP contribution >= 0.6 is 11.8 Å². The topological polar surface area (TPSA) is 42.7 Å². The van der Waals surface area contributed by atoms with Crippen molar-refractivity contribution in [2.75, 3.05) is 7.05 Å². The zero-order valence-electron chi connectivity index (χ0n) is 11.2. The van der Waals surface area contributed by atoms with Gasteiger partial charge in [-0.25, -0.2) is 4.98 Å². The van der Waals surface area contributed by atoms with Crippen LogP contribution in [-0.2, 0) is 13.6 Å². The molecule has 0 amide bonds. The van der Waals surface area contributed by atoms with Crippen LogP contribution in [0.25, 0.3) is 0 Å². The lowest BCUT2D eigenvalue weighted by molar-refractivity contribution is 0.692. The first kappa shape index (κ1) is 13.1. The van der Waals surface area contributed by atoms with E-state index in [1.54, 1.807) is 11.8 Å². The maximum atomic E-state index is 4.52. The molecule has 2 rings (SSSR count). The fourth-order valence-corrected chi connectivity index (χ4v) is 2.74. The van der Waals surface area contributed by atoms with Crippen molar-refractivity contribution in [3.05, 3.63) is 35.2 Å². The summed E-state index contributed by atoms with van der Waals surface area (Å²) in [7, 11) is 3.90. The van der Waals surface area contributed by atoms with Crippen molar-refractivity contribution in [1.29, 1.82) is 0 Å². The van der Waals surface area contributed by atoms with Crippen molar-refractivity contribution in [3.8, 4) is 0 Å². The van der Waals surface area contributed by atoms with E-state index in [0.717, 1.165) is 22.3 Å². The first-order valence-corrected chi connectivity index (χ1v) is 6.70. The van der Waals surface area contributed by atoms with E-state index in [-0.39, 0.29) is 0 Å². The monoisotopic (exact) mass is 262 g/mol. The quantitative estimate of drug-likeness (QED) is 0.918. The van der Waals surface area contributed by atoms with E-state index in [2.05, 4.69) is 34.5 Å². The molecule has 0 aliphatic heterocycles. The van der Waals surface area contributed by atoms with Crippen molar-refractivity contribution < 1.29 is 0 Å². The van der Waals surface area contributed by atoms with Gasteiger partial charge in [-0.2, -0.15) is 5.10 Å². The van der Waals surface area contributed by atoms with Crippen LogP contribution in [0.4, 0.5) is 0 Å². The molecule has 0 aliphatic carbocycles. The van der Waals surface area contributed by atoms with Gasteiger partial charge in [0.1, 0.15) is 10.1 Å². The molecule has 0 saturated heterocycles. The lowest BCUT2D eigenvalue weighted by Gasteiger charge is -2.07. The number of nitrogens with one attached hydrogen (secondary N) is 1. The van der Waals surface area contributed by atoms with Gasteiger partial charge >= 0.3 is 0 Å². The SMILES string of the molecule is CNCc1cnc(Sc2cc(C)nn2C)c(C)c1. The van der Waals surface area contributed by atoms with Crippen LogP contribution < -0.4 is 5.32 Å². The molecule has 0 atom stereocenters. The van der Waals surface area contributed by atoms with Crippen molar-refractivity contribution in [3.63, 3.8) is 0 Å². The summed E-state index contributed by atoms with van der Waals surface area (Å²) >= 11 is 1.66. The Labute approximate surface area is 112 Å². The zero-order chi connectivity index (χ0) is 13.1. The van der Waals surface area contributed by atoms with Crippen molar-refractivity contribution in [2.24, 2.45) is 7.05 Å². The van der Waals surface area contributed by atoms with E-state index in [1.807, 2.05) is 31.9 Å². The van der Waals surface area contributed by atoms with Gasteiger partial charge in [-0.3, -0.25) is 4.68 Å². The summed E-state index contributed by atoms with van der Waals surface area (Å²) in [5.74, 6) is 0. The summed E-state index contributed by atoms with van der Waals surface area (Å²) in [6.45, 7) is 4.95. The Kier molecular flexibility index (Phi) is 4.04. The van der Waals surface area contributed by atoms with Gasteiger partial charge in [0, 0.05) is 19.8 Å². The summed E-state index contributed by atoms with van der Waals surface area (Å²) in [4.78, 5) is 4.52. The highest BCUT2D eigenvalue weighted by Crippen LogP contribution is 2.28. The number of aryl methyl sites for hydroxylation is 3. The molecule has 0 unspecified atom stereocenters. The molecule has 1 N–H and O–H groups in total. The van der Waals surface area contributed by atoms with Gasteiger partial charge in [-0.15, -0.1) is 0 Å². The molecule has 2 heterocycles. The van der Waals surface area contributed by atoms with Gasteiger partial charge in [-0.1, -0.05) is 17.8 Å². The standard InChI is InChI=1S/C13H18N4S/c1-9-5-11(7-14-3)8-15-13(9)18-12-6-10(2)16-17(12)4/h5-6,8,14H,7H2,1-4H3. The van der Waals surface area contributed by atoms with Gasteiger partial charge < -0.3 is 5.32 Å². The highest BCUT2D eigenvalue weighted by atomic mass is 32.2. The molecule has 0 radical (unpaired) electrons. The number of hydrogen-bond donors (Lipinski definition) is 1. The van der Waals surface area contributed by atoms with Gasteiger partial charge in [-0.05, 0) is 38.1 Å². The summed E-state index contributed by atoms with van der Waals surface area (Å²) in [6.07, 6.45) is 1.93. The van der Waals surface area contributed by atoms with Crippen molar-refractivity contribution in [1.82, 2.24) is 20.1 Å². The van der Waals surface area contributed by atoms with E-state index in [4.69, 9.17) is 0 Å². The largest absolute Gasteiger partial charge is 0.316 e. The van der Waals surface area contributed by atoms with Crippen LogP contribution in [0.1, 0.15) is 16.8 Å². The predicted octanol–water partition coefficient (Wildman–Crippen LogP) is 2.30. The number of rotatable bonds is 4. The fourth-order valence-electron chi connectivity index (χ4n) is 1.81. The van der Waals surface area contributed by atoms with Crippen LogP contribution in [0.15, 0.2) is 28.4 Å². The maximum Gasteiger partial charge on any atom is 0.105 e. The average Bonchev–Trinajstić information content (AvgIpc) is 2.62. The van der Waals surface area contributed by atoms with Crippen molar-refractivity contribution in [2.45, 2.75) is 30.4 Å². The van der Waals surface area contributed by atoms with Gasteiger partial charge in [0.2, 0.25) is 0 Å². The van der Waals surface area contributed by atoms with Gasteiger partial charge in [0.25, 0.3) is 0 Å². The molecule has 2 aromatic heterocycles. The molecule has 5 heteroatoms. The first-order valence-electron chi connectivity index (χ1n) is 5.88. The van der Waals surface area contributed by atoms with Crippen LogP contribution in [0.2, 0.25) is 0 Å². The third-order valence-corrected chi connectivity index (χ3v) is 3.84. The second kappa shape index (κ2) is 5.54. The van der Waals surface area contributed by atoms with Gasteiger partial charge in [0.15, 0.2) is 0 Å². The molecule has 0 spiro atoms. The Bertz CT molecular complexity index is 548. The molecule has 0 aromatic carbocycles. The number of pyridine rings is 1. The molecule has 0 fully saturated rings. The van der Waals surface area contributed by atoms with Crippen LogP contribution in [0.5, 0.6) is 0 Å². The summed E-state index contributed by atoms with van der Waals surface area (Å²) in [5.41, 5.74) is 3.44. The molecular weight excluding hydrogens is 244 g/mol. The van der Waals surface area contributed by atoms with E-state index in [1.165, 1.54) is 11.1 Å². The lowest BCUT2D eigenvalue weighted by atomic mass is 10.2. The highest BCUT2D eigenvalue weighted by molar-refractivity contribution is 7.99. The molecule has 0 aliphatic rings. The Balaban J connectivity index is 2.21. The molecule has 2 aromatic rings. The Morgan fingerprint density at radius 3 is 2.67 bits per heavy atom. The third kappa shape index (κ3) is 2.91. The molecule has 0 saturated carbocycles. The minimum Gasteiger partial charge on any atom is -0.316 e. The average molecular weight is 262 g/mol. The fraction of sp³-hybridized carbons (Fsp3) is 0.385. The predicted molar refractivity (Wildman–Crippen MR) is 73.8 cm³/mol. The number of nitrogens with zero attached hydrogens (tertiary/aromatic N) is 3. The normalized spacial score (nSPS) is 10.9. The second-order valence-electron chi connectivity index (χ2n) is 4.35. The molecule has 96 valence electrons. The Morgan fingerprint density at radius 2 is 2.11 bits per heavy atom. The number of aromatic nitrogens is 3. The minimum atomic E-state index is 0.851. The molecule has 0 bridgehead atoms. The van der Waals surface area contributed by atoms with E-state index in [9.17, 15) is 0 Å². The van der Waals surface area contributed by atoms with Crippen LogP contribution in [0.3, 0.4) is 0 Å². The van der Waals surface area contributed by atoms with Gasteiger partial charge in [0.05, 0.1) is 5.69 Å². The van der Waals surface area contributed by atoms with E-state index < -0.39 is 0 Å². The summed E-state index contributed by atoms with van der Waals surface area (Å²) in [6, 6.07) is 4.25. The summed E-state index contributed by atoms with van der Waals surface area (Å²) < 4.78 is 1.89.